The molecule has 0 heterocycles. The lowest BCUT2D eigenvalue weighted by molar-refractivity contribution is 0.0905. The summed E-state index contributed by atoms with van der Waals surface area (Å²) >= 11 is 0. The third-order valence-corrected chi connectivity index (χ3v) is 2.56. The van der Waals surface area contributed by atoms with Crippen LogP contribution in [0.4, 0.5) is 0 Å². The zero-order valence-electron chi connectivity index (χ0n) is 10.3. The smallest absolute Gasteiger partial charge is 0.251 e. The molecule has 0 aliphatic carbocycles. The van der Waals surface area contributed by atoms with E-state index < -0.39 is 0 Å². The maximum absolute atomic E-state index is 11.8. The van der Waals surface area contributed by atoms with Crippen molar-refractivity contribution in [1.29, 1.82) is 0 Å². The maximum Gasteiger partial charge on any atom is 0.251 e. The molecule has 0 fully saturated rings. The molecule has 0 aromatic heterocycles. The number of aryl methyl sites for hydroxylation is 2. The Bertz CT molecular complexity index is 374. The molecule has 0 aliphatic heterocycles. The van der Waals surface area contributed by atoms with E-state index in [0.717, 1.165) is 5.56 Å². The SMILES string of the molecule is COC[C@@H](C)NC(=O)c1ccc(C)c(C)c1. The Kier molecular flexibility index (Phi) is 4.50. The molecule has 0 saturated heterocycles. The standard InChI is InChI=1S/C13H19NO2/c1-9-5-6-12(7-10(9)2)13(15)14-11(3)8-16-4/h5-7,11H,8H2,1-4H3,(H,14,15)/t11-/m1/s1. The quantitative estimate of drug-likeness (QED) is 0.845. The summed E-state index contributed by atoms with van der Waals surface area (Å²) in [6.45, 7) is 6.48. The number of rotatable bonds is 4. The number of nitrogens with one attached hydrogen (secondary N) is 1. The van der Waals surface area contributed by atoms with E-state index in [1.807, 2.05) is 39.0 Å². The number of hydrogen-bond acceptors (Lipinski definition) is 2. The van der Waals surface area contributed by atoms with Crippen LogP contribution in [0.2, 0.25) is 0 Å². The van der Waals surface area contributed by atoms with Crippen LogP contribution in [0.25, 0.3) is 0 Å². The van der Waals surface area contributed by atoms with Gasteiger partial charge < -0.3 is 10.1 Å². The van der Waals surface area contributed by atoms with E-state index >= 15 is 0 Å². The normalized spacial score (nSPS) is 12.2. The van der Waals surface area contributed by atoms with Gasteiger partial charge in [-0.2, -0.15) is 0 Å². The third kappa shape index (κ3) is 3.35. The highest BCUT2D eigenvalue weighted by Gasteiger charge is 2.09. The number of methoxy groups -OCH3 is 1. The first-order valence-corrected chi connectivity index (χ1v) is 5.41. The fraction of sp³-hybridized carbons (Fsp3) is 0.462. The second kappa shape index (κ2) is 5.66. The lowest BCUT2D eigenvalue weighted by Crippen LogP contribution is -2.35. The van der Waals surface area contributed by atoms with Crippen molar-refractivity contribution in [2.45, 2.75) is 26.8 Å². The molecule has 0 spiro atoms. The summed E-state index contributed by atoms with van der Waals surface area (Å²) in [6, 6.07) is 5.74. The Morgan fingerprint density at radius 1 is 1.38 bits per heavy atom. The van der Waals surface area contributed by atoms with Gasteiger partial charge in [-0.3, -0.25) is 4.79 Å². The largest absolute Gasteiger partial charge is 0.383 e. The molecule has 16 heavy (non-hydrogen) atoms. The zero-order valence-corrected chi connectivity index (χ0v) is 10.3. The lowest BCUT2D eigenvalue weighted by atomic mass is 10.1. The highest BCUT2D eigenvalue weighted by atomic mass is 16.5. The molecule has 3 nitrogen and oxygen atoms in total. The van der Waals surface area contributed by atoms with E-state index in [1.54, 1.807) is 7.11 Å². The average Bonchev–Trinajstić information content (AvgIpc) is 2.22. The van der Waals surface area contributed by atoms with Crippen molar-refractivity contribution in [2.75, 3.05) is 13.7 Å². The first-order valence-electron chi connectivity index (χ1n) is 5.41. The summed E-state index contributed by atoms with van der Waals surface area (Å²) in [4.78, 5) is 11.8. The second-order valence-corrected chi connectivity index (χ2v) is 4.13. The van der Waals surface area contributed by atoms with Gasteiger partial charge in [-0.05, 0) is 44.0 Å². The molecule has 1 amide bonds. The Morgan fingerprint density at radius 3 is 2.62 bits per heavy atom. The van der Waals surface area contributed by atoms with E-state index in [1.165, 1.54) is 5.56 Å². The minimum atomic E-state index is -0.0485. The molecule has 3 heteroatoms. The number of hydrogen-bond donors (Lipinski definition) is 1. The highest BCUT2D eigenvalue weighted by molar-refractivity contribution is 5.94. The van der Waals surface area contributed by atoms with Crippen molar-refractivity contribution in [3.8, 4) is 0 Å². The van der Waals surface area contributed by atoms with E-state index in [-0.39, 0.29) is 11.9 Å². The van der Waals surface area contributed by atoms with Gasteiger partial charge in [-0.1, -0.05) is 6.07 Å². The van der Waals surface area contributed by atoms with E-state index in [9.17, 15) is 4.79 Å². The van der Waals surface area contributed by atoms with E-state index in [4.69, 9.17) is 4.74 Å². The van der Waals surface area contributed by atoms with Crippen LogP contribution in [0.1, 0.15) is 28.4 Å². The minimum Gasteiger partial charge on any atom is -0.383 e. The van der Waals surface area contributed by atoms with Crippen LogP contribution in [-0.4, -0.2) is 25.7 Å². The Morgan fingerprint density at radius 2 is 2.06 bits per heavy atom. The van der Waals surface area contributed by atoms with Gasteiger partial charge in [0.05, 0.1) is 6.61 Å². The molecule has 1 N–H and O–H groups in total. The Labute approximate surface area is 96.8 Å². The van der Waals surface area contributed by atoms with Gasteiger partial charge in [-0.15, -0.1) is 0 Å². The molecule has 0 saturated carbocycles. The van der Waals surface area contributed by atoms with Crippen LogP contribution < -0.4 is 5.32 Å². The molecular formula is C13H19NO2. The maximum atomic E-state index is 11.8. The van der Waals surface area contributed by atoms with Gasteiger partial charge in [0.1, 0.15) is 0 Å². The third-order valence-electron chi connectivity index (χ3n) is 2.56. The minimum absolute atomic E-state index is 0.0270. The van der Waals surface area contributed by atoms with Gasteiger partial charge in [0.25, 0.3) is 5.91 Å². The van der Waals surface area contributed by atoms with E-state index in [2.05, 4.69) is 5.32 Å². The first kappa shape index (κ1) is 12.7. The topological polar surface area (TPSA) is 38.3 Å². The summed E-state index contributed by atoms with van der Waals surface area (Å²) in [7, 11) is 1.62. The predicted molar refractivity (Wildman–Crippen MR) is 64.7 cm³/mol. The number of amides is 1. The molecule has 1 rings (SSSR count). The molecule has 0 aliphatic rings. The monoisotopic (exact) mass is 221 g/mol. The Hall–Kier alpha value is -1.35. The van der Waals surface area contributed by atoms with Crippen LogP contribution >= 0.6 is 0 Å². The van der Waals surface area contributed by atoms with Gasteiger partial charge in [0.15, 0.2) is 0 Å². The summed E-state index contributed by atoms with van der Waals surface area (Å²) in [5, 5.41) is 2.88. The molecular weight excluding hydrogens is 202 g/mol. The van der Waals surface area contributed by atoms with Gasteiger partial charge >= 0.3 is 0 Å². The molecule has 1 aromatic carbocycles. The summed E-state index contributed by atoms with van der Waals surface area (Å²) in [5.74, 6) is -0.0485. The summed E-state index contributed by atoms with van der Waals surface area (Å²) < 4.78 is 4.97. The van der Waals surface area contributed by atoms with Gasteiger partial charge in [0, 0.05) is 18.7 Å². The van der Waals surface area contributed by atoms with Crippen molar-refractivity contribution >= 4 is 5.91 Å². The van der Waals surface area contributed by atoms with Crippen LogP contribution in [-0.2, 0) is 4.74 Å². The zero-order chi connectivity index (χ0) is 12.1. The van der Waals surface area contributed by atoms with Crippen molar-refractivity contribution in [3.63, 3.8) is 0 Å². The van der Waals surface area contributed by atoms with Gasteiger partial charge in [0.2, 0.25) is 0 Å². The predicted octanol–water partition coefficient (Wildman–Crippen LogP) is 2.07. The molecule has 88 valence electrons. The first-order chi connectivity index (χ1) is 7.54. The Balaban J connectivity index is 2.69. The molecule has 1 aromatic rings. The van der Waals surface area contributed by atoms with Crippen LogP contribution in [0.3, 0.4) is 0 Å². The summed E-state index contributed by atoms with van der Waals surface area (Å²) in [6.07, 6.45) is 0. The van der Waals surface area contributed by atoms with Crippen LogP contribution in [0, 0.1) is 13.8 Å². The second-order valence-electron chi connectivity index (χ2n) is 4.13. The fourth-order valence-corrected chi connectivity index (χ4v) is 1.48. The number of carbonyl (C=O) groups is 1. The number of benzene rings is 1. The highest BCUT2D eigenvalue weighted by Crippen LogP contribution is 2.09. The summed E-state index contributed by atoms with van der Waals surface area (Å²) in [5.41, 5.74) is 3.03. The van der Waals surface area contributed by atoms with Crippen molar-refractivity contribution in [3.05, 3.63) is 34.9 Å². The molecule has 1 atom stereocenters. The fourth-order valence-electron chi connectivity index (χ4n) is 1.48. The van der Waals surface area contributed by atoms with Crippen molar-refractivity contribution in [1.82, 2.24) is 5.32 Å². The van der Waals surface area contributed by atoms with Crippen LogP contribution in [0.15, 0.2) is 18.2 Å². The van der Waals surface area contributed by atoms with Gasteiger partial charge in [-0.25, -0.2) is 0 Å². The van der Waals surface area contributed by atoms with Crippen molar-refractivity contribution in [2.24, 2.45) is 0 Å². The van der Waals surface area contributed by atoms with Crippen LogP contribution in [0.5, 0.6) is 0 Å². The molecule has 0 radical (unpaired) electrons. The van der Waals surface area contributed by atoms with E-state index in [0.29, 0.717) is 12.2 Å². The molecule has 0 bridgehead atoms. The molecule has 0 unspecified atom stereocenters. The van der Waals surface area contributed by atoms with Crippen molar-refractivity contribution < 1.29 is 9.53 Å². The average molecular weight is 221 g/mol. The number of carbonyl (C=O) groups excluding carboxylic acids is 1. The number of ether oxygens (including phenoxy) is 1. The lowest BCUT2D eigenvalue weighted by Gasteiger charge is -2.13.